The molecule has 2 N–H and O–H groups in total. The Morgan fingerprint density at radius 1 is 1.50 bits per heavy atom. The van der Waals surface area contributed by atoms with E-state index in [1.807, 2.05) is 4.90 Å². The number of benzene rings is 1. The molecule has 0 fully saturated rings. The molecule has 0 saturated carbocycles. The molecule has 0 aliphatic rings. The largest absolute Gasteiger partial charge is 0.395 e. The molecular formula is C14H20FNO2. The van der Waals surface area contributed by atoms with Crippen molar-refractivity contribution < 1.29 is 14.6 Å². The van der Waals surface area contributed by atoms with Crippen molar-refractivity contribution >= 4 is 5.69 Å². The summed E-state index contributed by atoms with van der Waals surface area (Å²) in [6.45, 7) is 7.87. The first-order chi connectivity index (χ1) is 8.51. The van der Waals surface area contributed by atoms with Gasteiger partial charge in [0, 0.05) is 24.3 Å². The van der Waals surface area contributed by atoms with Gasteiger partial charge in [-0.05, 0) is 31.5 Å². The predicted molar refractivity (Wildman–Crippen MR) is 71.3 cm³/mol. The van der Waals surface area contributed by atoms with Gasteiger partial charge in [0.1, 0.15) is 5.82 Å². The molecule has 1 aromatic carbocycles. The van der Waals surface area contributed by atoms with Gasteiger partial charge in [-0.25, -0.2) is 4.39 Å². The molecule has 0 heterocycles. The molecule has 0 aliphatic heterocycles. The molecule has 18 heavy (non-hydrogen) atoms. The van der Waals surface area contributed by atoms with Crippen LogP contribution >= 0.6 is 0 Å². The van der Waals surface area contributed by atoms with E-state index in [0.717, 1.165) is 5.69 Å². The predicted octanol–water partition coefficient (Wildman–Crippen LogP) is 2.17. The molecule has 0 saturated heterocycles. The van der Waals surface area contributed by atoms with Gasteiger partial charge in [0.25, 0.3) is 0 Å². The van der Waals surface area contributed by atoms with Gasteiger partial charge in [0.05, 0.1) is 12.7 Å². The van der Waals surface area contributed by atoms with Gasteiger partial charge >= 0.3 is 0 Å². The highest BCUT2D eigenvalue weighted by Gasteiger charge is 2.16. The van der Waals surface area contributed by atoms with Gasteiger partial charge in [-0.15, -0.1) is 6.58 Å². The lowest BCUT2D eigenvalue weighted by atomic mass is 10.0. The van der Waals surface area contributed by atoms with E-state index in [1.165, 1.54) is 6.07 Å². The second-order valence-corrected chi connectivity index (χ2v) is 4.29. The van der Waals surface area contributed by atoms with E-state index >= 15 is 0 Å². The highest BCUT2D eigenvalue weighted by atomic mass is 19.1. The van der Waals surface area contributed by atoms with Gasteiger partial charge in [-0.1, -0.05) is 6.08 Å². The second kappa shape index (κ2) is 6.52. The number of halogens is 1. The summed E-state index contributed by atoms with van der Waals surface area (Å²) in [4.78, 5) is 1.86. The van der Waals surface area contributed by atoms with Gasteiger partial charge < -0.3 is 15.1 Å². The topological polar surface area (TPSA) is 43.7 Å². The third-order valence-electron chi connectivity index (χ3n) is 2.82. The lowest BCUT2D eigenvalue weighted by Crippen LogP contribution is -2.28. The average molecular weight is 253 g/mol. The zero-order valence-corrected chi connectivity index (χ0v) is 10.9. The maximum Gasteiger partial charge on any atom is 0.126 e. The Kier molecular flexibility index (Phi) is 5.31. The summed E-state index contributed by atoms with van der Waals surface area (Å²) in [6, 6.07) is 3.04. The highest BCUT2D eigenvalue weighted by molar-refractivity contribution is 5.57. The molecule has 3 nitrogen and oxygen atoms in total. The van der Waals surface area contributed by atoms with Crippen LogP contribution in [0.3, 0.4) is 0 Å². The number of hydrogen-bond acceptors (Lipinski definition) is 3. The van der Waals surface area contributed by atoms with Crippen LogP contribution in [0.15, 0.2) is 24.8 Å². The molecule has 0 spiro atoms. The summed E-state index contributed by atoms with van der Waals surface area (Å²) in [5.74, 6) is -0.336. The van der Waals surface area contributed by atoms with Crippen LogP contribution in [0.4, 0.5) is 10.1 Å². The minimum atomic E-state index is -0.763. The van der Waals surface area contributed by atoms with Crippen LogP contribution < -0.4 is 4.90 Å². The molecule has 1 atom stereocenters. The quantitative estimate of drug-likeness (QED) is 0.764. The fraction of sp³-hybridized carbons (Fsp3) is 0.429. The van der Waals surface area contributed by atoms with Crippen LogP contribution in [0.25, 0.3) is 0 Å². The maximum atomic E-state index is 13.6. The SMILES string of the molecule is C=CCN(CCO)c1cc(C)c(F)cc1C(C)O. The average Bonchev–Trinajstić information content (AvgIpc) is 2.31. The fourth-order valence-electron chi connectivity index (χ4n) is 1.88. The van der Waals surface area contributed by atoms with E-state index in [0.29, 0.717) is 24.2 Å². The van der Waals surface area contributed by atoms with Crippen LogP contribution in [0, 0.1) is 12.7 Å². The molecule has 0 amide bonds. The van der Waals surface area contributed by atoms with Crippen molar-refractivity contribution in [3.05, 3.63) is 41.7 Å². The van der Waals surface area contributed by atoms with E-state index in [1.54, 1.807) is 26.0 Å². The normalized spacial score (nSPS) is 12.3. The van der Waals surface area contributed by atoms with Crippen LogP contribution in [0.5, 0.6) is 0 Å². The Hall–Kier alpha value is -1.39. The Labute approximate surface area is 107 Å². The third-order valence-corrected chi connectivity index (χ3v) is 2.82. The van der Waals surface area contributed by atoms with Crippen LogP contribution in [-0.4, -0.2) is 29.9 Å². The summed E-state index contributed by atoms with van der Waals surface area (Å²) < 4.78 is 13.6. The number of aryl methyl sites for hydroxylation is 1. The van der Waals surface area contributed by atoms with Crippen molar-refractivity contribution in [2.45, 2.75) is 20.0 Å². The molecule has 1 rings (SSSR count). The zero-order valence-electron chi connectivity index (χ0n) is 10.9. The maximum absolute atomic E-state index is 13.6. The lowest BCUT2D eigenvalue weighted by molar-refractivity contribution is 0.199. The van der Waals surface area contributed by atoms with Gasteiger partial charge in [0.2, 0.25) is 0 Å². The molecule has 4 heteroatoms. The Balaban J connectivity index is 3.25. The summed E-state index contributed by atoms with van der Waals surface area (Å²) in [7, 11) is 0. The van der Waals surface area contributed by atoms with Crippen LogP contribution in [0.2, 0.25) is 0 Å². The van der Waals surface area contributed by atoms with Crippen molar-refractivity contribution in [3.63, 3.8) is 0 Å². The first-order valence-corrected chi connectivity index (χ1v) is 5.96. The van der Waals surface area contributed by atoms with Crippen molar-refractivity contribution in [1.29, 1.82) is 0 Å². The molecule has 0 aliphatic carbocycles. The first kappa shape index (κ1) is 14.7. The standard InChI is InChI=1S/C14H20FNO2/c1-4-5-16(6-7-17)14-8-10(2)13(15)9-12(14)11(3)18/h4,8-9,11,17-18H,1,5-7H2,2-3H3. The van der Waals surface area contributed by atoms with E-state index in [2.05, 4.69) is 6.58 Å². The first-order valence-electron chi connectivity index (χ1n) is 5.96. The molecule has 0 radical (unpaired) electrons. The lowest BCUT2D eigenvalue weighted by Gasteiger charge is -2.26. The summed E-state index contributed by atoms with van der Waals surface area (Å²) in [5, 5.41) is 18.8. The number of anilines is 1. The van der Waals surface area contributed by atoms with Gasteiger partial charge in [-0.3, -0.25) is 0 Å². The minimum Gasteiger partial charge on any atom is -0.395 e. The molecule has 1 unspecified atom stereocenters. The monoisotopic (exact) mass is 253 g/mol. The Morgan fingerprint density at radius 3 is 2.67 bits per heavy atom. The summed E-state index contributed by atoms with van der Waals surface area (Å²) in [5.41, 5.74) is 1.77. The Morgan fingerprint density at radius 2 is 2.17 bits per heavy atom. The van der Waals surface area contributed by atoms with Crippen molar-refractivity contribution in [2.24, 2.45) is 0 Å². The van der Waals surface area contributed by atoms with E-state index in [9.17, 15) is 9.50 Å². The van der Waals surface area contributed by atoms with Gasteiger partial charge in [-0.2, -0.15) is 0 Å². The van der Waals surface area contributed by atoms with Crippen LogP contribution in [-0.2, 0) is 0 Å². The second-order valence-electron chi connectivity index (χ2n) is 4.29. The molecule has 1 aromatic rings. The number of hydrogen-bond donors (Lipinski definition) is 2. The molecule has 0 bridgehead atoms. The van der Waals surface area contributed by atoms with Gasteiger partial charge in [0.15, 0.2) is 0 Å². The number of rotatable bonds is 6. The smallest absolute Gasteiger partial charge is 0.126 e. The summed E-state index contributed by atoms with van der Waals surface area (Å²) >= 11 is 0. The molecule has 0 aromatic heterocycles. The number of nitrogens with zero attached hydrogens (tertiary/aromatic N) is 1. The zero-order chi connectivity index (χ0) is 13.7. The third kappa shape index (κ3) is 3.31. The van der Waals surface area contributed by atoms with E-state index < -0.39 is 6.10 Å². The molecular weight excluding hydrogens is 233 g/mol. The van der Waals surface area contributed by atoms with E-state index in [4.69, 9.17) is 5.11 Å². The van der Waals surface area contributed by atoms with E-state index in [-0.39, 0.29) is 12.4 Å². The number of aliphatic hydroxyl groups is 2. The Bertz CT molecular complexity index is 419. The van der Waals surface area contributed by atoms with Crippen LogP contribution in [0.1, 0.15) is 24.2 Å². The van der Waals surface area contributed by atoms with Crippen molar-refractivity contribution in [1.82, 2.24) is 0 Å². The molecule has 100 valence electrons. The van der Waals surface area contributed by atoms with Crippen molar-refractivity contribution in [2.75, 3.05) is 24.6 Å². The number of aliphatic hydroxyl groups excluding tert-OH is 2. The highest BCUT2D eigenvalue weighted by Crippen LogP contribution is 2.29. The fourth-order valence-corrected chi connectivity index (χ4v) is 1.88. The summed E-state index contributed by atoms with van der Waals surface area (Å²) in [6.07, 6.45) is 0.946. The van der Waals surface area contributed by atoms with Crippen molar-refractivity contribution in [3.8, 4) is 0 Å². The minimum absolute atomic E-state index is 0.0104.